The van der Waals surface area contributed by atoms with Crippen LogP contribution in [-0.4, -0.2) is 49.6 Å². The van der Waals surface area contributed by atoms with E-state index >= 15 is 0 Å². The molecule has 0 unspecified atom stereocenters. The Morgan fingerprint density at radius 3 is 2.43 bits per heavy atom. The van der Waals surface area contributed by atoms with E-state index in [-0.39, 0.29) is 11.6 Å². The quantitative estimate of drug-likeness (QED) is 0.873. The fraction of sp³-hybridized carbons (Fsp3) is 0.588. The van der Waals surface area contributed by atoms with Crippen molar-refractivity contribution in [1.29, 1.82) is 0 Å². The summed E-state index contributed by atoms with van der Waals surface area (Å²) < 4.78 is 0. The molecule has 1 aliphatic carbocycles. The number of nitrogens with one attached hydrogen (secondary N) is 1. The van der Waals surface area contributed by atoms with Gasteiger partial charge in [-0.15, -0.1) is 0 Å². The number of amides is 2. The lowest BCUT2D eigenvalue weighted by atomic mass is 9.99. The highest BCUT2D eigenvalue weighted by Crippen LogP contribution is 2.46. The predicted octanol–water partition coefficient (Wildman–Crippen LogP) is 2.58. The first-order chi connectivity index (χ1) is 9.98. The molecular formula is C17H27N3O. The maximum absolute atomic E-state index is 12.5. The van der Waals surface area contributed by atoms with Crippen LogP contribution in [0.2, 0.25) is 0 Å². The van der Waals surface area contributed by atoms with Gasteiger partial charge in [0.15, 0.2) is 0 Å². The van der Waals surface area contributed by atoms with Crippen LogP contribution in [0.15, 0.2) is 24.3 Å². The Bertz CT molecular complexity index is 495. The van der Waals surface area contributed by atoms with Gasteiger partial charge >= 0.3 is 6.03 Å². The molecular weight excluding hydrogens is 262 g/mol. The largest absolute Gasteiger partial charge is 0.328 e. The predicted molar refractivity (Wildman–Crippen MR) is 86.4 cm³/mol. The first-order valence-corrected chi connectivity index (χ1v) is 7.76. The molecule has 1 aliphatic rings. The normalized spacial score (nSPS) is 15.9. The Labute approximate surface area is 128 Å². The lowest BCUT2D eigenvalue weighted by Gasteiger charge is -2.27. The highest BCUT2D eigenvalue weighted by Gasteiger charge is 2.46. The Morgan fingerprint density at radius 2 is 1.90 bits per heavy atom. The molecule has 0 atom stereocenters. The molecule has 1 aromatic rings. The maximum atomic E-state index is 12.5. The summed E-state index contributed by atoms with van der Waals surface area (Å²) in [7, 11) is 4.06. The van der Waals surface area contributed by atoms with Crippen LogP contribution in [0, 0.1) is 6.92 Å². The molecule has 0 saturated heterocycles. The van der Waals surface area contributed by atoms with Gasteiger partial charge in [0.05, 0.1) is 5.54 Å². The topological polar surface area (TPSA) is 35.6 Å². The van der Waals surface area contributed by atoms with Crippen LogP contribution in [0.25, 0.3) is 0 Å². The van der Waals surface area contributed by atoms with Crippen molar-refractivity contribution in [2.45, 2.75) is 32.2 Å². The van der Waals surface area contributed by atoms with E-state index < -0.39 is 0 Å². The van der Waals surface area contributed by atoms with Gasteiger partial charge in [-0.3, -0.25) is 0 Å². The Hall–Kier alpha value is -1.55. The minimum atomic E-state index is -0.131. The molecule has 4 heteroatoms. The monoisotopic (exact) mass is 289 g/mol. The molecule has 0 bridgehead atoms. The van der Waals surface area contributed by atoms with Crippen LogP contribution in [0.3, 0.4) is 0 Å². The number of hydrogen-bond acceptors (Lipinski definition) is 2. The fourth-order valence-electron chi connectivity index (χ4n) is 2.70. The fourth-order valence-corrected chi connectivity index (χ4v) is 2.70. The summed E-state index contributed by atoms with van der Waals surface area (Å²) in [5.41, 5.74) is 2.39. The van der Waals surface area contributed by atoms with E-state index in [2.05, 4.69) is 35.3 Å². The molecule has 0 aromatic heterocycles. The van der Waals surface area contributed by atoms with E-state index in [4.69, 9.17) is 0 Å². The molecule has 21 heavy (non-hydrogen) atoms. The Balaban J connectivity index is 2.03. The Morgan fingerprint density at radius 1 is 1.24 bits per heavy atom. The summed E-state index contributed by atoms with van der Waals surface area (Å²) in [4.78, 5) is 16.5. The zero-order valence-corrected chi connectivity index (χ0v) is 13.6. The third-order valence-electron chi connectivity index (χ3n) is 4.24. The van der Waals surface area contributed by atoms with Gasteiger partial charge in [-0.25, -0.2) is 4.79 Å². The molecule has 2 amide bonds. The van der Waals surface area contributed by atoms with Crippen LogP contribution in [0.5, 0.6) is 0 Å². The lowest BCUT2D eigenvalue weighted by molar-refractivity contribution is 0.189. The number of rotatable bonds is 6. The van der Waals surface area contributed by atoms with E-state index in [1.54, 1.807) is 0 Å². The number of aryl methyl sites for hydroxylation is 1. The van der Waals surface area contributed by atoms with Gasteiger partial charge in [-0.2, -0.15) is 0 Å². The molecule has 1 fully saturated rings. The van der Waals surface area contributed by atoms with Gasteiger partial charge in [0, 0.05) is 19.6 Å². The van der Waals surface area contributed by atoms with Gasteiger partial charge in [0.25, 0.3) is 0 Å². The second-order valence-corrected chi connectivity index (χ2v) is 6.21. The summed E-state index contributed by atoms with van der Waals surface area (Å²) in [5, 5.41) is 3.27. The van der Waals surface area contributed by atoms with Gasteiger partial charge in [-0.05, 0) is 51.9 Å². The van der Waals surface area contributed by atoms with Crippen molar-refractivity contribution in [2.75, 3.05) is 33.7 Å². The lowest BCUT2D eigenvalue weighted by Crippen LogP contribution is -2.47. The van der Waals surface area contributed by atoms with E-state index in [1.807, 2.05) is 32.0 Å². The third-order valence-corrected chi connectivity index (χ3v) is 4.24. The van der Waals surface area contributed by atoms with Crippen molar-refractivity contribution < 1.29 is 4.79 Å². The van der Waals surface area contributed by atoms with Gasteiger partial charge in [-0.1, -0.05) is 24.3 Å². The smallest absolute Gasteiger partial charge is 0.318 e. The molecule has 0 radical (unpaired) electrons. The van der Waals surface area contributed by atoms with E-state index in [1.165, 1.54) is 11.1 Å². The summed E-state index contributed by atoms with van der Waals surface area (Å²) in [5.74, 6) is 0. The van der Waals surface area contributed by atoms with Crippen molar-refractivity contribution in [3.8, 4) is 0 Å². The SMILES string of the molecule is CCN(CCN(C)C)C(=O)NC1(c2ccccc2C)CC1. The minimum absolute atomic E-state index is 0.0557. The highest BCUT2D eigenvalue weighted by molar-refractivity contribution is 5.76. The number of likely N-dealkylation sites (N-methyl/N-ethyl adjacent to an activating group) is 2. The number of nitrogens with zero attached hydrogens (tertiary/aromatic N) is 2. The maximum Gasteiger partial charge on any atom is 0.318 e. The van der Waals surface area contributed by atoms with Crippen molar-refractivity contribution in [3.63, 3.8) is 0 Å². The third kappa shape index (κ3) is 3.76. The number of urea groups is 1. The average Bonchev–Trinajstić information content (AvgIpc) is 3.20. The standard InChI is InChI=1S/C17H27N3O/c1-5-20(13-12-19(3)4)16(21)18-17(10-11-17)15-9-7-6-8-14(15)2/h6-9H,5,10-13H2,1-4H3,(H,18,21). The van der Waals surface area contributed by atoms with Crippen molar-refractivity contribution in [1.82, 2.24) is 15.1 Å². The van der Waals surface area contributed by atoms with Crippen LogP contribution >= 0.6 is 0 Å². The minimum Gasteiger partial charge on any atom is -0.328 e. The molecule has 0 spiro atoms. The zero-order chi connectivity index (χ0) is 15.5. The second kappa shape index (κ2) is 6.48. The number of benzene rings is 1. The van der Waals surface area contributed by atoms with Crippen LogP contribution < -0.4 is 5.32 Å². The van der Waals surface area contributed by atoms with Gasteiger partial charge < -0.3 is 15.1 Å². The second-order valence-electron chi connectivity index (χ2n) is 6.21. The average molecular weight is 289 g/mol. The Kier molecular flexibility index (Phi) is 4.88. The van der Waals surface area contributed by atoms with E-state index in [0.717, 1.165) is 32.5 Å². The van der Waals surface area contributed by atoms with Crippen molar-refractivity contribution >= 4 is 6.03 Å². The van der Waals surface area contributed by atoms with E-state index in [9.17, 15) is 4.79 Å². The molecule has 2 rings (SSSR count). The molecule has 0 heterocycles. The van der Waals surface area contributed by atoms with Gasteiger partial charge in [0.1, 0.15) is 0 Å². The van der Waals surface area contributed by atoms with Crippen molar-refractivity contribution in [3.05, 3.63) is 35.4 Å². The van der Waals surface area contributed by atoms with Crippen molar-refractivity contribution in [2.24, 2.45) is 0 Å². The summed E-state index contributed by atoms with van der Waals surface area (Å²) in [6.45, 7) is 6.54. The molecule has 1 N–H and O–H groups in total. The first kappa shape index (κ1) is 15.8. The van der Waals surface area contributed by atoms with E-state index in [0.29, 0.717) is 0 Å². The molecule has 1 aromatic carbocycles. The van der Waals surface area contributed by atoms with Gasteiger partial charge in [0.2, 0.25) is 0 Å². The summed E-state index contributed by atoms with van der Waals surface area (Å²) in [6, 6.07) is 8.41. The number of carbonyl (C=O) groups excluding carboxylic acids is 1. The first-order valence-electron chi connectivity index (χ1n) is 7.76. The number of hydrogen-bond donors (Lipinski definition) is 1. The molecule has 116 valence electrons. The molecule has 1 saturated carbocycles. The zero-order valence-electron chi connectivity index (χ0n) is 13.6. The summed E-state index contributed by atoms with van der Waals surface area (Å²) >= 11 is 0. The molecule has 4 nitrogen and oxygen atoms in total. The van der Waals surface area contributed by atoms with Crippen LogP contribution in [-0.2, 0) is 5.54 Å². The summed E-state index contributed by atoms with van der Waals surface area (Å²) in [6.07, 6.45) is 2.07. The van der Waals surface area contributed by atoms with Crippen LogP contribution in [0.4, 0.5) is 4.79 Å². The molecule has 0 aliphatic heterocycles. The van der Waals surface area contributed by atoms with Crippen LogP contribution in [0.1, 0.15) is 30.9 Å². The highest BCUT2D eigenvalue weighted by atomic mass is 16.2. The number of carbonyl (C=O) groups is 1.